The first-order chi connectivity index (χ1) is 19.7. The van der Waals surface area contributed by atoms with Gasteiger partial charge in [0.25, 0.3) is 0 Å². The third-order valence-corrected chi connectivity index (χ3v) is 5.98. The second kappa shape index (κ2) is 12.7. The molecule has 0 saturated heterocycles. The van der Waals surface area contributed by atoms with Crippen molar-refractivity contribution < 1.29 is 52.5 Å². The summed E-state index contributed by atoms with van der Waals surface area (Å²) in [6.45, 7) is 1.65. The molecule has 41 heavy (non-hydrogen) atoms. The van der Waals surface area contributed by atoms with Gasteiger partial charge in [0.1, 0.15) is 0 Å². The van der Waals surface area contributed by atoms with E-state index in [0.29, 0.717) is 12.8 Å². The van der Waals surface area contributed by atoms with Crippen molar-refractivity contribution in [3.63, 3.8) is 0 Å². The van der Waals surface area contributed by atoms with Gasteiger partial charge < -0.3 is 23.7 Å². The molecule has 0 radical (unpaired) electrons. The fraction of sp³-hybridized carbons (Fsp3) is 0.200. The number of aryl methyl sites for hydroxylation is 1. The maximum absolute atomic E-state index is 12.7. The number of ether oxygens (including phenoxy) is 5. The molecule has 11 heteroatoms. The van der Waals surface area contributed by atoms with Crippen LogP contribution in [0.4, 0.5) is 0 Å². The van der Waals surface area contributed by atoms with E-state index in [1.165, 1.54) is 49.6 Å². The van der Waals surface area contributed by atoms with Crippen molar-refractivity contribution in [1.29, 1.82) is 0 Å². The van der Waals surface area contributed by atoms with Crippen LogP contribution in [-0.2, 0) is 25.4 Å². The van der Waals surface area contributed by atoms with E-state index in [0.717, 1.165) is 5.56 Å². The van der Waals surface area contributed by atoms with Crippen LogP contribution in [0.5, 0.6) is 11.5 Å². The lowest BCUT2D eigenvalue weighted by Crippen LogP contribution is -2.13. The van der Waals surface area contributed by atoms with Crippen molar-refractivity contribution in [1.82, 2.24) is 0 Å². The topological polar surface area (TPSA) is 149 Å². The summed E-state index contributed by atoms with van der Waals surface area (Å²) >= 11 is 0. The largest absolute Gasteiger partial charge is 0.493 e. The van der Waals surface area contributed by atoms with Gasteiger partial charge in [-0.15, -0.1) is 0 Å². The molecule has 3 aromatic rings. The molecule has 210 valence electrons. The highest BCUT2D eigenvalue weighted by Gasteiger charge is 2.30. The third kappa shape index (κ3) is 6.82. The number of fused-ring (bicyclic) bond motifs is 1. The molecule has 3 aromatic carbocycles. The number of benzene rings is 3. The van der Waals surface area contributed by atoms with Crippen LogP contribution in [-0.4, -0.2) is 49.5 Å². The van der Waals surface area contributed by atoms with Crippen molar-refractivity contribution in [2.45, 2.75) is 26.2 Å². The third-order valence-electron chi connectivity index (χ3n) is 5.98. The fourth-order valence-electron chi connectivity index (χ4n) is 3.85. The van der Waals surface area contributed by atoms with E-state index in [1.54, 1.807) is 25.1 Å². The van der Waals surface area contributed by atoms with Crippen LogP contribution in [0.25, 0.3) is 0 Å². The molecule has 0 aromatic heterocycles. The van der Waals surface area contributed by atoms with E-state index >= 15 is 0 Å². The standard InChI is InChI=1S/C30H24O11/c1-3-25(31)40-28(34)19-8-4-7-18(15-19)26(32)38-13-5-6-17-9-12-23(24(14-17)37-2)39-27(33)20-10-11-21-22(16-20)30(36)41-29(21)35/h4,7-12,14-16H,3,5-6,13H2,1-2H3. The monoisotopic (exact) mass is 560 g/mol. The van der Waals surface area contributed by atoms with Crippen LogP contribution in [0.3, 0.4) is 0 Å². The van der Waals surface area contributed by atoms with Crippen LogP contribution < -0.4 is 9.47 Å². The highest BCUT2D eigenvalue weighted by atomic mass is 16.6. The second-order valence-corrected chi connectivity index (χ2v) is 8.75. The molecule has 0 atom stereocenters. The Morgan fingerprint density at radius 2 is 1.46 bits per heavy atom. The number of cyclic esters (lactones) is 2. The zero-order valence-corrected chi connectivity index (χ0v) is 22.1. The van der Waals surface area contributed by atoms with E-state index in [2.05, 4.69) is 9.47 Å². The van der Waals surface area contributed by atoms with Crippen molar-refractivity contribution in [2.75, 3.05) is 13.7 Å². The molecule has 1 aliphatic heterocycles. The average molecular weight is 561 g/mol. The summed E-state index contributed by atoms with van der Waals surface area (Å²) in [6, 6.07) is 14.6. The van der Waals surface area contributed by atoms with Crippen molar-refractivity contribution >= 4 is 35.8 Å². The number of carbonyl (C=O) groups excluding carboxylic acids is 6. The van der Waals surface area contributed by atoms with Gasteiger partial charge in [-0.05, 0) is 66.9 Å². The van der Waals surface area contributed by atoms with Crippen molar-refractivity contribution in [3.05, 3.63) is 94.0 Å². The number of rotatable bonds is 10. The van der Waals surface area contributed by atoms with Gasteiger partial charge in [-0.25, -0.2) is 24.0 Å². The molecule has 0 unspecified atom stereocenters. The number of hydrogen-bond acceptors (Lipinski definition) is 11. The minimum absolute atomic E-state index is 0.00821. The van der Waals surface area contributed by atoms with E-state index in [1.807, 2.05) is 0 Å². The Labute approximate surface area is 233 Å². The van der Waals surface area contributed by atoms with Crippen LogP contribution in [0, 0.1) is 0 Å². The quantitative estimate of drug-likeness (QED) is 0.116. The zero-order valence-electron chi connectivity index (χ0n) is 22.1. The molecule has 0 fully saturated rings. The molecule has 1 heterocycles. The van der Waals surface area contributed by atoms with Crippen LogP contribution >= 0.6 is 0 Å². The van der Waals surface area contributed by atoms with Crippen LogP contribution in [0.1, 0.15) is 77.1 Å². The highest BCUT2D eigenvalue weighted by molar-refractivity contribution is 6.15. The zero-order chi connectivity index (χ0) is 29.5. The Balaban J connectivity index is 1.31. The van der Waals surface area contributed by atoms with Gasteiger partial charge in [0, 0.05) is 6.42 Å². The summed E-state index contributed by atoms with van der Waals surface area (Å²) in [4.78, 5) is 71.8. The van der Waals surface area contributed by atoms with Crippen molar-refractivity contribution in [2.24, 2.45) is 0 Å². The molecule has 0 N–H and O–H groups in total. The van der Waals surface area contributed by atoms with Gasteiger partial charge >= 0.3 is 35.8 Å². The predicted octanol–water partition coefficient (Wildman–Crippen LogP) is 4.11. The molecular formula is C30H24O11. The lowest BCUT2D eigenvalue weighted by molar-refractivity contribution is -0.137. The SMILES string of the molecule is CCC(=O)OC(=O)c1cccc(C(=O)OCCCc2ccc(OC(=O)c3ccc4c(c3)C(=O)OC4=O)c(OC)c2)c1. The normalized spacial score (nSPS) is 11.8. The molecular weight excluding hydrogens is 536 g/mol. The van der Waals surface area contributed by atoms with Gasteiger partial charge in [0.05, 0.1) is 41.5 Å². The number of hydrogen-bond donors (Lipinski definition) is 0. The molecule has 1 aliphatic rings. The Kier molecular flexibility index (Phi) is 8.88. The van der Waals surface area contributed by atoms with Gasteiger partial charge in [-0.1, -0.05) is 19.1 Å². The van der Waals surface area contributed by atoms with Crippen molar-refractivity contribution in [3.8, 4) is 11.5 Å². The van der Waals surface area contributed by atoms with Crippen LogP contribution in [0.2, 0.25) is 0 Å². The smallest absolute Gasteiger partial charge is 0.346 e. The number of esters is 6. The highest BCUT2D eigenvalue weighted by Crippen LogP contribution is 2.30. The molecule has 0 saturated carbocycles. The fourth-order valence-corrected chi connectivity index (χ4v) is 3.85. The van der Waals surface area contributed by atoms with E-state index in [9.17, 15) is 28.8 Å². The number of methoxy groups -OCH3 is 1. The molecule has 0 aliphatic carbocycles. The predicted molar refractivity (Wildman–Crippen MR) is 140 cm³/mol. The summed E-state index contributed by atoms with van der Waals surface area (Å²) < 4.78 is 25.3. The van der Waals surface area contributed by atoms with Crippen LogP contribution in [0.15, 0.2) is 60.7 Å². The maximum atomic E-state index is 12.7. The Morgan fingerprint density at radius 1 is 0.756 bits per heavy atom. The molecule has 4 rings (SSSR count). The minimum atomic E-state index is -0.844. The Hall–Kier alpha value is -5.32. The summed E-state index contributed by atoms with van der Waals surface area (Å²) in [5.41, 5.74) is 1.15. The summed E-state index contributed by atoms with van der Waals surface area (Å²) in [5, 5.41) is 0. The van der Waals surface area contributed by atoms with Gasteiger partial charge in [-0.3, -0.25) is 4.79 Å². The maximum Gasteiger partial charge on any atom is 0.346 e. The molecule has 11 nitrogen and oxygen atoms in total. The first-order valence-corrected chi connectivity index (χ1v) is 12.5. The molecule has 0 amide bonds. The van der Waals surface area contributed by atoms with Gasteiger partial charge in [-0.2, -0.15) is 0 Å². The summed E-state index contributed by atoms with van der Waals surface area (Å²) in [5.74, 6) is -4.07. The second-order valence-electron chi connectivity index (χ2n) is 8.75. The average Bonchev–Trinajstić information content (AvgIpc) is 3.27. The van der Waals surface area contributed by atoms with E-state index in [-0.39, 0.29) is 52.3 Å². The van der Waals surface area contributed by atoms with Gasteiger partial charge in [0.15, 0.2) is 11.5 Å². The molecule has 0 spiro atoms. The summed E-state index contributed by atoms with van der Waals surface area (Å²) in [7, 11) is 1.41. The first-order valence-electron chi connectivity index (χ1n) is 12.5. The first kappa shape index (κ1) is 28.7. The summed E-state index contributed by atoms with van der Waals surface area (Å²) in [6.07, 6.45) is 1.01. The Bertz CT molecular complexity index is 1550. The lowest BCUT2D eigenvalue weighted by atomic mass is 10.1. The van der Waals surface area contributed by atoms with E-state index in [4.69, 9.17) is 14.2 Å². The number of carbonyl (C=O) groups is 6. The Morgan fingerprint density at radius 3 is 2.20 bits per heavy atom. The van der Waals surface area contributed by atoms with Gasteiger partial charge in [0.2, 0.25) is 0 Å². The minimum Gasteiger partial charge on any atom is -0.493 e. The molecule has 0 bridgehead atoms. The lowest BCUT2D eigenvalue weighted by Gasteiger charge is -2.11. The van der Waals surface area contributed by atoms with E-state index < -0.39 is 35.8 Å².